The Labute approximate surface area is 132 Å². The van der Waals surface area contributed by atoms with Crippen molar-refractivity contribution in [2.75, 3.05) is 5.32 Å². The van der Waals surface area contributed by atoms with Gasteiger partial charge in [-0.15, -0.1) is 0 Å². The summed E-state index contributed by atoms with van der Waals surface area (Å²) in [5.74, 6) is -0.316. The lowest BCUT2D eigenvalue weighted by molar-refractivity contribution is -0.384. The number of benzene rings is 2. The van der Waals surface area contributed by atoms with E-state index in [1.807, 2.05) is 25.1 Å². The third-order valence-corrected chi connectivity index (χ3v) is 3.20. The van der Waals surface area contributed by atoms with Crippen molar-refractivity contribution in [2.45, 2.75) is 6.92 Å². The monoisotopic (exact) mass is 316 g/mol. The Morgan fingerprint density at radius 1 is 1.27 bits per heavy atom. The Morgan fingerprint density at radius 2 is 2.05 bits per heavy atom. The second-order valence-electron chi connectivity index (χ2n) is 4.66. The molecule has 2 aromatic rings. The Hall–Kier alpha value is -2.66. The van der Waals surface area contributed by atoms with Gasteiger partial charge in [0, 0.05) is 17.8 Å². The number of nitrogens with zero attached hydrogens (tertiary/aromatic N) is 1. The van der Waals surface area contributed by atoms with E-state index in [0.717, 1.165) is 5.56 Å². The van der Waals surface area contributed by atoms with Crippen molar-refractivity contribution in [3.8, 4) is 0 Å². The molecular weight excluding hydrogens is 304 g/mol. The molecule has 0 heterocycles. The van der Waals surface area contributed by atoms with Gasteiger partial charge in [0.25, 0.3) is 5.69 Å². The lowest BCUT2D eigenvalue weighted by Gasteiger charge is -2.02. The number of nitro groups is 1. The van der Waals surface area contributed by atoms with Gasteiger partial charge in [-0.05, 0) is 42.3 Å². The molecule has 0 unspecified atom stereocenters. The molecule has 6 heteroatoms. The van der Waals surface area contributed by atoms with Crippen molar-refractivity contribution < 1.29 is 9.72 Å². The van der Waals surface area contributed by atoms with Crippen molar-refractivity contribution in [1.29, 1.82) is 0 Å². The fourth-order valence-corrected chi connectivity index (χ4v) is 2.04. The molecule has 0 aromatic heterocycles. The molecule has 1 N–H and O–H groups in total. The summed E-state index contributed by atoms with van der Waals surface area (Å²) < 4.78 is 0. The van der Waals surface area contributed by atoms with E-state index in [9.17, 15) is 14.9 Å². The van der Waals surface area contributed by atoms with Crippen LogP contribution in [0.1, 0.15) is 11.1 Å². The van der Waals surface area contributed by atoms with E-state index in [-0.39, 0.29) is 16.6 Å². The first kappa shape index (κ1) is 15.7. The summed E-state index contributed by atoms with van der Waals surface area (Å²) in [5.41, 5.74) is 2.06. The molecule has 0 saturated heterocycles. The zero-order valence-electron chi connectivity index (χ0n) is 11.7. The molecule has 0 fully saturated rings. The number of rotatable bonds is 4. The van der Waals surface area contributed by atoms with Gasteiger partial charge in [0.2, 0.25) is 5.91 Å². The van der Waals surface area contributed by atoms with Crippen molar-refractivity contribution >= 4 is 35.0 Å². The highest BCUT2D eigenvalue weighted by Crippen LogP contribution is 2.25. The fourth-order valence-electron chi connectivity index (χ4n) is 1.85. The molecule has 2 rings (SSSR count). The number of carbonyl (C=O) groups excluding carboxylic acids is 1. The van der Waals surface area contributed by atoms with Crippen LogP contribution in [0.2, 0.25) is 5.02 Å². The third-order valence-electron chi connectivity index (χ3n) is 2.88. The molecule has 0 atom stereocenters. The highest BCUT2D eigenvalue weighted by atomic mass is 35.5. The molecule has 0 bridgehead atoms. The maximum Gasteiger partial charge on any atom is 0.288 e. The zero-order valence-corrected chi connectivity index (χ0v) is 12.5. The van der Waals surface area contributed by atoms with E-state index < -0.39 is 4.92 Å². The summed E-state index contributed by atoms with van der Waals surface area (Å²) in [6, 6.07) is 11.8. The Morgan fingerprint density at radius 3 is 2.73 bits per heavy atom. The fraction of sp³-hybridized carbons (Fsp3) is 0.0625. The standard InChI is InChI=1S/C16H13ClN2O3/c1-11-3-2-4-13(9-11)18-16(20)8-6-12-5-7-14(17)15(10-12)19(21)22/h2-10H,1H3,(H,18,20)/b8-6+. The minimum atomic E-state index is -0.563. The first-order valence-electron chi connectivity index (χ1n) is 6.45. The highest BCUT2D eigenvalue weighted by molar-refractivity contribution is 6.32. The van der Waals surface area contributed by atoms with E-state index in [1.54, 1.807) is 12.1 Å². The van der Waals surface area contributed by atoms with Crippen molar-refractivity contribution in [3.63, 3.8) is 0 Å². The molecule has 112 valence electrons. The highest BCUT2D eigenvalue weighted by Gasteiger charge is 2.11. The van der Waals surface area contributed by atoms with Gasteiger partial charge in [-0.1, -0.05) is 29.8 Å². The average Bonchev–Trinajstić information content (AvgIpc) is 2.46. The second kappa shape index (κ2) is 6.87. The van der Waals surface area contributed by atoms with E-state index in [0.29, 0.717) is 11.3 Å². The molecule has 0 radical (unpaired) electrons. The van der Waals surface area contributed by atoms with Crippen LogP contribution in [0.3, 0.4) is 0 Å². The molecule has 2 aromatic carbocycles. The number of halogens is 1. The summed E-state index contributed by atoms with van der Waals surface area (Å²) in [5, 5.41) is 13.6. The largest absolute Gasteiger partial charge is 0.323 e. The minimum absolute atomic E-state index is 0.0614. The van der Waals surface area contributed by atoms with Crippen LogP contribution < -0.4 is 5.32 Å². The summed E-state index contributed by atoms with van der Waals surface area (Å²) in [6.07, 6.45) is 2.81. The molecule has 0 saturated carbocycles. The Kier molecular flexibility index (Phi) is 4.91. The SMILES string of the molecule is Cc1cccc(NC(=O)/C=C/c2ccc(Cl)c([N+](=O)[O-])c2)c1. The summed E-state index contributed by atoms with van der Waals surface area (Å²) in [6.45, 7) is 1.93. The van der Waals surface area contributed by atoms with Crippen molar-refractivity contribution in [2.24, 2.45) is 0 Å². The normalized spacial score (nSPS) is 10.6. The van der Waals surface area contributed by atoms with Crippen LogP contribution in [0, 0.1) is 17.0 Å². The Bertz CT molecular complexity index is 757. The van der Waals surface area contributed by atoms with Gasteiger partial charge in [0.05, 0.1) is 4.92 Å². The molecule has 0 spiro atoms. The van der Waals surface area contributed by atoms with Crippen molar-refractivity contribution in [3.05, 3.63) is 74.8 Å². The van der Waals surface area contributed by atoms with Gasteiger partial charge in [-0.2, -0.15) is 0 Å². The van der Waals surface area contributed by atoms with Gasteiger partial charge in [-0.3, -0.25) is 14.9 Å². The Balaban J connectivity index is 2.10. The first-order valence-corrected chi connectivity index (χ1v) is 6.83. The van der Waals surface area contributed by atoms with E-state index in [1.165, 1.54) is 24.3 Å². The zero-order chi connectivity index (χ0) is 16.1. The van der Waals surface area contributed by atoms with Crippen LogP contribution >= 0.6 is 11.6 Å². The van der Waals surface area contributed by atoms with E-state index in [2.05, 4.69) is 5.32 Å². The number of carbonyl (C=O) groups is 1. The lowest BCUT2D eigenvalue weighted by Crippen LogP contribution is -2.07. The molecular formula is C16H13ClN2O3. The first-order chi connectivity index (χ1) is 10.5. The van der Waals surface area contributed by atoms with Gasteiger partial charge in [0.15, 0.2) is 0 Å². The quantitative estimate of drug-likeness (QED) is 0.521. The number of hydrogen-bond acceptors (Lipinski definition) is 3. The van der Waals surface area contributed by atoms with Crippen LogP contribution in [-0.4, -0.2) is 10.8 Å². The lowest BCUT2D eigenvalue weighted by atomic mass is 10.2. The van der Waals surface area contributed by atoms with Crippen LogP contribution in [0.25, 0.3) is 6.08 Å². The number of hydrogen-bond donors (Lipinski definition) is 1. The minimum Gasteiger partial charge on any atom is -0.323 e. The summed E-state index contributed by atoms with van der Waals surface area (Å²) in [4.78, 5) is 22.1. The second-order valence-corrected chi connectivity index (χ2v) is 5.07. The van der Waals surface area contributed by atoms with Gasteiger partial charge >= 0.3 is 0 Å². The van der Waals surface area contributed by atoms with E-state index >= 15 is 0 Å². The smallest absolute Gasteiger partial charge is 0.288 e. The van der Waals surface area contributed by atoms with Crippen LogP contribution in [0.5, 0.6) is 0 Å². The molecule has 22 heavy (non-hydrogen) atoms. The molecule has 0 aliphatic heterocycles. The molecule has 5 nitrogen and oxygen atoms in total. The van der Waals surface area contributed by atoms with Crippen LogP contribution in [0.15, 0.2) is 48.5 Å². The number of aryl methyl sites for hydroxylation is 1. The average molecular weight is 317 g/mol. The third kappa shape index (κ3) is 4.17. The summed E-state index contributed by atoms with van der Waals surface area (Å²) >= 11 is 5.73. The predicted molar refractivity (Wildman–Crippen MR) is 86.9 cm³/mol. The maximum atomic E-state index is 11.8. The van der Waals surface area contributed by atoms with Crippen LogP contribution in [-0.2, 0) is 4.79 Å². The molecule has 0 aliphatic rings. The van der Waals surface area contributed by atoms with Gasteiger partial charge < -0.3 is 5.32 Å². The maximum absolute atomic E-state index is 11.8. The summed E-state index contributed by atoms with van der Waals surface area (Å²) in [7, 11) is 0. The van der Waals surface area contributed by atoms with Crippen LogP contribution in [0.4, 0.5) is 11.4 Å². The molecule has 1 amide bonds. The molecule has 0 aliphatic carbocycles. The van der Waals surface area contributed by atoms with Gasteiger partial charge in [0.1, 0.15) is 5.02 Å². The number of amides is 1. The number of nitrogens with one attached hydrogen (secondary N) is 1. The van der Waals surface area contributed by atoms with Gasteiger partial charge in [-0.25, -0.2) is 0 Å². The number of anilines is 1. The topological polar surface area (TPSA) is 72.2 Å². The van der Waals surface area contributed by atoms with Crippen molar-refractivity contribution in [1.82, 2.24) is 0 Å². The number of nitro benzene ring substituents is 1. The van der Waals surface area contributed by atoms with E-state index in [4.69, 9.17) is 11.6 Å². The predicted octanol–water partition coefficient (Wildman–Crippen LogP) is 4.21.